The summed E-state index contributed by atoms with van der Waals surface area (Å²) in [5.41, 5.74) is 25.9. The standard InChI is InChI=1S/C31H29N2O.C28H29N2O.C20H28N.C19H26N.C18H24N/c1-18(2)17-21-9-8-12-26-23(21)15-16-27(33(26)5)28-20(4)22-10-6-7-11-24(22)29-25-14-13-19(3)32-31(25)34-30(28)29;1-16(2)14-20-8-7-9-24-21(20)12-13-25(30(24)6)26-19(5)17(3)15-23-22-11-10-18(4)29-28(22)31-27(23)26;1-14-8-9-18(16(3)10-14)19-11-15(2)17(13-21(19)7)12-20(4,5)6;1-14-9-7-8-10-17(14)18-11-15(2)16(13-20(18)6)12-19(3,4)5;1-14-8-6-7-9-16(14)17-11-10-15(13-19(17)5)12-18(2,3)4/h6-16,18H,17H2,1-5H3;7-13,15-16H,14H2,1-6H3;8-11,13H,12H2,1-7H3;7-11,13H,12H2,1-6H3;6-11,13H,12H2,1-5H3/q5*+1/i17D2;3D3,14D2;1D3,12D2;2*12D2. The van der Waals surface area contributed by atoms with Crippen LogP contribution in [-0.2, 0) is 67.1 Å². The summed E-state index contributed by atoms with van der Waals surface area (Å²) in [6.45, 7) is 38.4. The van der Waals surface area contributed by atoms with Gasteiger partial charge in [0.2, 0.25) is 50.9 Å². The van der Waals surface area contributed by atoms with Gasteiger partial charge in [0, 0.05) is 141 Å². The summed E-state index contributed by atoms with van der Waals surface area (Å²) in [6, 6.07) is 67.5. The fraction of sp³-hybridized carbons (Fsp3) is 0.336. The van der Waals surface area contributed by atoms with E-state index < -0.39 is 61.8 Å². The lowest BCUT2D eigenvalue weighted by molar-refractivity contribution is -0.661. The molecule has 0 saturated heterocycles. The van der Waals surface area contributed by atoms with E-state index in [-0.39, 0.29) is 17.4 Å². The summed E-state index contributed by atoms with van der Waals surface area (Å²) in [4.78, 5) is 9.24. The van der Waals surface area contributed by atoms with E-state index in [0.29, 0.717) is 50.2 Å². The highest BCUT2D eigenvalue weighted by Crippen LogP contribution is 2.44. The molecular formula is C116H136N7O2+5. The van der Waals surface area contributed by atoms with Crippen LogP contribution in [0.3, 0.4) is 0 Å². The lowest BCUT2D eigenvalue weighted by atomic mass is 9.87. The van der Waals surface area contributed by atoms with E-state index in [0.717, 1.165) is 139 Å². The van der Waals surface area contributed by atoms with Crippen molar-refractivity contribution in [3.05, 3.63) is 314 Å². The monoisotopic (exact) mass is 1680 g/mol. The quantitative estimate of drug-likeness (QED) is 0.114. The Balaban J connectivity index is 0.000000151. The third-order valence-electron chi connectivity index (χ3n) is 22.7. The molecule has 0 aliphatic carbocycles. The van der Waals surface area contributed by atoms with E-state index in [1.807, 2.05) is 306 Å². The maximum absolute atomic E-state index is 8.74. The summed E-state index contributed by atoms with van der Waals surface area (Å²) in [6.07, 6.45) is -1.42. The molecule has 0 aliphatic heterocycles. The third-order valence-corrected chi connectivity index (χ3v) is 22.7. The van der Waals surface area contributed by atoms with Gasteiger partial charge in [-0.2, -0.15) is 9.13 Å². The molecule has 0 N–H and O–H groups in total. The van der Waals surface area contributed by atoms with Crippen LogP contribution in [0.15, 0.2) is 234 Å². The molecule has 0 saturated carbocycles. The molecule has 0 radical (unpaired) electrons. The zero-order valence-corrected chi connectivity index (χ0v) is 78.5. The molecule has 9 aromatic heterocycles. The number of aromatic nitrogens is 7. The number of furan rings is 2. The van der Waals surface area contributed by atoms with Crippen LogP contribution in [0.25, 0.3) is 133 Å². The van der Waals surface area contributed by atoms with Crippen LogP contribution in [0.4, 0.5) is 0 Å². The minimum absolute atomic E-state index is 0.137. The molecule has 9 nitrogen and oxygen atoms in total. The molecule has 17 aromatic rings. The molecule has 0 spiro atoms. The zero-order chi connectivity index (χ0) is 104. The maximum atomic E-state index is 8.74. The van der Waals surface area contributed by atoms with Gasteiger partial charge in [-0.1, -0.05) is 193 Å². The summed E-state index contributed by atoms with van der Waals surface area (Å²) < 4.78 is 156. The highest BCUT2D eigenvalue weighted by atomic mass is 16.3. The van der Waals surface area contributed by atoms with Crippen molar-refractivity contribution in [2.75, 3.05) is 0 Å². The number of benzene rings is 8. The Hall–Kier alpha value is -11.8. The molecule has 0 amide bonds. The van der Waals surface area contributed by atoms with Gasteiger partial charge in [-0.25, -0.2) is 23.7 Å². The second kappa shape index (κ2) is 37.2. The zero-order valence-electron chi connectivity index (χ0n) is 94.5. The van der Waals surface area contributed by atoms with Crippen molar-refractivity contribution in [2.24, 2.45) is 63.3 Å². The molecule has 0 atom stereocenters. The first kappa shape index (κ1) is 71.5. The van der Waals surface area contributed by atoms with Gasteiger partial charge in [-0.05, 0) is 269 Å². The molecule has 125 heavy (non-hydrogen) atoms. The van der Waals surface area contributed by atoms with Crippen LogP contribution in [0.2, 0.25) is 0 Å². The molecule has 9 heteroatoms. The number of hydrogen-bond acceptors (Lipinski definition) is 4. The number of pyridine rings is 7. The number of nitrogens with zero attached hydrogens (tertiary/aromatic N) is 7. The van der Waals surface area contributed by atoms with Crippen molar-refractivity contribution in [1.82, 2.24) is 9.97 Å². The van der Waals surface area contributed by atoms with Gasteiger partial charge in [0.1, 0.15) is 35.2 Å². The fourth-order valence-electron chi connectivity index (χ4n) is 16.8. The molecule has 0 aliphatic rings. The first-order valence-electron chi connectivity index (χ1n) is 51.5. The highest BCUT2D eigenvalue weighted by Gasteiger charge is 2.30. The largest absolute Gasteiger partial charge is 0.437 e. The van der Waals surface area contributed by atoms with E-state index in [1.165, 1.54) is 27.6 Å². The van der Waals surface area contributed by atoms with Crippen LogP contribution in [-0.4, -0.2) is 9.97 Å². The van der Waals surface area contributed by atoms with Crippen molar-refractivity contribution < 1.29 is 53.6 Å². The SMILES string of the molecule is [2H]C([2H])([2H])c1cc2c(oc3nc(C)ccc32)c(-c2ccc3c(C([2H])([2H])C(C)C)cccc3[n+]2C)c1C.[2H]C([2H])([2H])c1ccc(-c2cc(C)c(C([2H])([2H])C(C)(C)C)c[n+]2C)c(C)c1.[2H]C([2H])(c1c[n+](C)c(-c2ccccc2C)cc1C)C(C)(C)C.[2H]C([2H])(c1ccc(-c2ccccc2C)[n+](C)c1)C(C)(C)C.[2H]C([2H])(c1cccc2c1ccc(-c1c(C)c3ccccc3c3c1oc1nc(C)ccc13)[n+]2C)C(C)C. The van der Waals surface area contributed by atoms with E-state index in [2.05, 4.69) is 116 Å². The summed E-state index contributed by atoms with van der Waals surface area (Å²) in [5, 5.41) is 7.70. The summed E-state index contributed by atoms with van der Waals surface area (Å²) in [5.74, 6) is -0.334. The first-order chi connectivity index (χ1) is 65.4. The van der Waals surface area contributed by atoms with Gasteiger partial charge in [0.15, 0.2) is 29.8 Å². The lowest BCUT2D eigenvalue weighted by Crippen LogP contribution is -2.32. The van der Waals surface area contributed by atoms with Gasteiger partial charge in [0.05, 0.1) is 11.1 Å². The Kier molecular flexibility index (Phi) is 21.2. The number of hydrogen-bond donors (Lipinski definition) is 0. The summed E-state index contributed by atoms with van der Waals surface area (Å²) in [7, 11) is 9.84. The molecular weight excluding hydrogens is 1520 g/mol. The fourth-order valence-corrected chi connectivity index (χ4v) is 16.8. The molecule has 0 unspecified atom stereocenters. The second-order valence-corrected chi connectivity index (χ2v) is 37.4. The van der Waals surface area contributed by atoms with Crippen molar-refractivity contribution in [3.8, 4) is 56.3 Å². The van der Waals surface area contributed by atoms with E-state index in [4.69, 9.17) is 35.8 Å². The van der Waals surface area contributed by atoms with Crippen molar-refractivity contribution in [1.29, 1.82) is 0 Å². The van der Waals surface area contributed by atoms with E-state index in [9.17, 15) is 0 Å². The molecule has 0 fully saturated rings. The van der Waals surface area contributed by atoms with Gasteiger partial charge in [-0.3, -0.25) is 0 Å². The van der Waals surface area contributed by atoms with Crippen molar-refractivity contribution >= 4 is 76.7 Å². The molecule has 642 valence electrons. The third kappa shape index (κ3) is 20.4. The number of rotatable bonds is 12. The Morgan fingerprint density at radius 2 is 0.792 bits per heavy atom. The number of fused-ring (bicyclic) bond motifs is 10. The van der Waals surface area contributed by atoms with Gasteiger partial charge in [0.25, 0.3) is 0 Å². The highest BCUT2D eigenvalue weighted by molar-refractivity contribution is 6.23. The minimum atomic E-state index is -2.30. The van der Waals surface area contributed by atoms with Crippen molar-refractivity contribution in [3.63, 3.8) is 0 Å². The van der Waals surface area contributed by atoms with Crippen molar-refractivity contribution in [2.45, 2.75) is 198 Å². The second-order valence-electron chi connectivity index (χ2n) is 37.4. The van der Waals surface area contributed by atoms with E-state index >= 15 is 0 Å². The topological polar surface area (TPSA) is 71.5 Å². The first-order valence-corrected chi connectivity index (χ1v) is 43.5. The molecule has 8 aromatic carbocycles. The Morgan fingerprint density at radius 1 is 0.344 bits per heavy atom. The van der Waals surface area contributed by atoms with Gasteiger partial charge < -0.3 is 8.83 Å². The van der Waals surface area contributed by atoms with Gasteiger partial charge in [-0.15, -0.1) is 0 Å². The summed E-state index contributed by atoms with van der Waals surface area (Å²) >= 11 is 0. The smallest absolute Gasteiger partial charge is 0.227 e. The number of aryl methyl sites for hydroxylation is 15. The average molecular weight is 1680 g/mol. The Bertz CT molecular complexity index is 7690. The van der Waals surface area contributed by atoms with Crippen LogP contribution >= 0.6 is 0 Å². The molecule has 0 bridgehead atoms. The van der Waals surface area contributed by atoms with Crippen LogP contribution in [0.5, 0.6) is 0 Å². The van der Waals surface area contributed by atoms with Crippen LogP contribution in [0.1, 0.15) is 201 Å². The molecule has 9 heterocycles. The maximum Gasteiger partial charge on any atom is 0.227 e. The Labute approximate surface area is 768 Å². The predicted molar refractivity (Wildman–Crippen MR) is 527 cm³/mol. The van der Waals surface area contributed by atoms with Gasteiger partial charge >= 0.3 is 0 Å². The Morgan fingerprint density at radius 3 is 1.28 bits per heavy atom. The average Bonchev–Trinajstić information content (AvgIpc) is 1.60. The predicted octanol–water partition coefficient (Wildman–Crippen LogP) is 27.5. The van der Waals surface area contributed by atoms with Crippen LogP contribution < -0.4 is 22.8 Å². The van der Waals surface area contributed by atoms with E-state index in [1.54, 1.807) is 18.2 Å². The van der Waals surface area contributed by atoms with Crippen LogP contribution in [0, 0.1) is 104 Å². The normalized spacial score (nSPS) is 14.5. The lowest BCUT2D eigenvalue weighted by Gasteiger charge is -2.19. The minimum Gasteiger partial charge on any atom is -0.437 e. The molecule has 17 rings (SSSR count).